The Morgan fingerprint density at radius 1 is 1.36 bits per heavy atom. The molecule has 0 spiro atoms. The minimum absolute atomic E-state index is 1.00. The Bertz CT molecular complexity index is 434. The molecule has 0 unspecified atom stereocenters. The summed E-state index contributed by atoms with van der Waals surface area (Å²) in [6, 6.07) is 8.38. The highest BCUT2D eigenvalue weighted by Crippen LogP contribution is 2.26. The van der Waals surface area contributed by atoms with Crippen LogP contribution < -0.4 is 5.32 Å². The molecule has 1 aromatic carbocycles. The minimum atomic E-state index is 1.00. The van der Waals surface area contributed by atoms with Crippen molar-refractivity contribution in [2.75, 3.05) is 13.6 Å². The summed E-state index contributed by atoms with van der Waals surface area (Å²) in [5, 5.41) is 4.48. The fourth-order valence-corrected chi connectivity index (χ4v) is 2.29. The predicted octanol–water partition coefficient (Wildman–Crippen LogP) is 2.69. The Hall–Kier alpha value is -0.800. The van der Waals surface area contributed by atoms with Gasteiger partial charge < -0.3 is 10.3 Å². The number of halogens is 1. The van der Waals surface area contributed by atoms with Gasteiger partial charge in [0.25, 0.3) is 0 Å². The summed E-state index contributed by atoms with van der Waals surface area (Å²) in [6.45, 7) is 1.00. The molecule has 2 rings (SSSR count). The third kappa shape index (κ3) is 1.70. The van der Waals surface area contributed by atoms with E-state index in [0.29, 0.717) is 0 Å². The third-order valence-electron chi connectivity index (χ3n) is 2.39. The lowest BCUT2D eigenvalue weighted by molar-refractivity contribution is 0.793. The first-order valence-corrected chi connectivity index (χ1v) is 5.52. The summed E-state index contributed by atoms with van der Waals surface area (Å²) < 4.78 is 1.11. The maximum absolute atomic E-state index is 3.56. The zero-order valence-corrected chi connectivity index (χ0v) is 9.69. The van der Waals surface area contributed by atoms with Crippen LogP contribution in [0.15, 0.2) is 28.9 Å². The molecule has 0 aliphatic carbocycles. The second-order valence-electron chi connectivity index (χ2n) is 3.32. The average Bonchev–Trinajstić information content (AvgIpc) is 2.51. The van der Waals surface area contributed by atoms with Gasteiger partial charge in [0.15, 0.2) is 0 Å². The lowest BCUT2D eigenvalue weighted by atomic mass is 10.1. The van der Waals surface area contributed by atoms with Crippen molar-refractivity contribution in [3.8, 4) is 0 Å². The van der Waals surface area contributed by atoms with Gasteiger partial charge in [0, 0.05) is 10.9 Å². The lowest BCUT2D eigenvalue weighted by Crippen LogP contribution is -2.10. The molecule has 14 heavy (non-hydrogen) atoms. The number of fused-ring (bicyclic) bond motifs is 1. The Morgan fingerprint density at radius 3 is 2.93 bits per heavy atom. The summed E-state index contributed by atoms with van der Waals surface area (Å²) >= 11 is 3.56. The van der Waals surface area contributed by atoms with Crippen LogP contribution in [0.5, 0.6) is 0 Å². The summed E-state index contributed by atoms with van der Waals surface area (Å²) in [6.07, 6.45) is 1.04. The molecule has 0 aliphatic heterocycles. The van der Waals surface area contributed by atoms with Crippen molar-refractivity contribution in [1.82, 2.24) is 10.3 Å². The van der Waals surface area contributed by atoms with Crippen LogP contribution in [-0.4, -0.2) is 18.6 Å². The minimum Gasteiger partial charge on any atom is -0.349 e. The maximum atomic E-state index is 3.56. The van der Waals surface area contributed by atoms with Crippen molar-refractivity contribution in [2.24, 2.45) is 0 Å². The number of benzene rings is 1. The molecule has 0 bridgehead atoms. The summed E-state index contributed by atoms with van der Waals surface area (Å²) in [5.41, 5.74) is 2.56. The number of aromatic nitrogens is 1. The normalized spacial score (nSPS) is 11.0. The van der Waals surface area contributed by atoms with E-state index in [9.17, 15) is 0 Å². The van der Waals surface area contributed by atoms with Crippen molar-refractivity contribution >= 4 is 26.8 Å². The molecule has 1 heterocycles. The van der Waals surface area contributed by atoms with Gasteiger partial charge in [-0.1, -0.05) is 18.2 Å². The quantitative estimate of drug-likeness (QED) is 0.864. The van der Waals surface area contributed by atoms with Gasteiger partial charge in [-0.2, -0.15) is 0 Å². The van der Waals surface area contributed by atoms with Gasteiger partial charge in [0.1, 0.15) is 0 Å². The molecule has 0 saturated heterocycles. The third-order valence-corrected chi connectivity index (χ3v) is 3.06. The maximum Gasteiger partial charge on any atom is 0.0863 e. The number of para-hydroxylation sites is 1. The summed E-state index contributed by atoms with van der Waals surface area (Å²) in [5.74, 6) is 0. The molecule has 1 aromatic heterocycles. The lowest BCUT2D eigenvalue weighted by Gasteiger charge is -1.99. The Labute approximate surface area is 91.8 Å². The van der Waals surface area contributed by atoms with E-state index >= 15 is 0 Å². The highest BCUT2D eigenvalue weighted by molar-refractivity contribution is 9.10. The molecule has 0 atom stereocenters. The number of H-pyrrole nitrogens is 1. The fourth-order valence-electron chi connectivity index (χ4n) is 1.66. The molecule has 0 aliphatic rings. The van der Waals surface area contributed by atoms with E-state index in [2.05, 4.69) is 44.4 Å². The van der Waals surface area contributed by atoms with E-state index in [1.165, 1.54) is 16.5 Å². The van der Waals surface area contributed by atoms with E-state index in [0.717, 1.165) is 17.6 Å². The first-order chi connectivity index (χ1) is 6.83. The van der Waals surface area contributed by atoms with Gasteiger partial charge in [-0.3, -0.25) is 0 Å². The van der Waals surface area contributed by atoms with Gasteiger partial charge in [-0.15, -0.1) is 0 Å². The second kappa shape index (κ2) is 4.15. The predicted molar refractivity (Wildman–Crippen MR) is 63.6 cm³/mol. The standard InChI is InChI=1S/C11H13BrN2/c1-13-7-6-9-8-4-2-3-5-10(8)14-11(9)12/h2-5,13-14H,6-7H2,1H3. The van der Waals surface area contributed by atoms with Crippen LogP contribution in [0.25, 0.3) is 10.9 Å². The van der Waals surface area contributed by atoms with Gasteiger partial charge in [0.05, 0.1) is 4.60 Å². The smallest absolute Gasteiger partial charge is 0.0863 e. The molecule has 0 amide bonds. The largest absolute Gasteiger partial charge is 0.349 e. The number of rotatable bonds is 3. The molecular formula is C11H13BrN2. The van der Waals surface area contributed by atoms with Crippen LogP contribution in [-0.2, 0) is 6.42 Å². The molecule has 0 radical (unpaired) electrons. The van der Waals surface area contributed by atoms with E-state index in [4.69, 9.17) is 0 Å². The van der Waals surface area contributed by atoms with Crippen LogP contribution in [0.2, 0.25) is 0 Å². The fraction of sp³-hybridized carbons (Fsp3) is 0.273. The number of hydrogen-bond acceptors (Lipinski definition) is 1. The second-order valence-corrected chi connectivity index (χ2v) is 4.11. The molecule has 74 valence electrons. The monoisotopic (exact) mass is 252 g/mol. The van der Waals surface area contributed by atoms with Crippen molar-refractivity contribution in [3.63, 3.8) is 0 Å². The zero-order valence-electron chi connectivity index (χ0n) is 8.10. The van der Waals surface area contributed by atoms with Crippen LogP contribution in [0, 0.1) is 0 Å². The van der Waals surface area contributed by atoms with Crippen molar-refractivity contribution in [2.45, 2.75) is 6.42 Å². The summed E-state index contributed by atoms with van der Waals surface area (Å²) in [7, 11) is 1.97. The molecule has 3 heteroatoms. The highest BCUT2D eigenvalue weighted by atomic mass is 79.9. The van der Waals surface area contributed by atoms with Crippen molar-refractivity contribution in [1.29, 1.82) is 0 Å². The SMILES string of the molecule is CNCCc1c(Br)[nH]c2ccccc12. The Balaban J connectivity index is 2.45. The van der Waals surface area contributed by atoms with Gasteiger partial charge in [-0.05, 0) is 47.6 Å². The average molecular weight is 253 g/mol. The van der Waals surface area contributed by atoms with E-state index in [1.807, 2.05) is 13.1 Å². The van der Waals surface area contributed by atoms with Gasteiger partial charge >= 0.3 is 0 Å². The number of likely N-dealkylation sites (N-methyl/N-ethyl adjacent to an activating group) is 1. The van der Waals surface area contributed by atoms with E-state index in [-0.39, 0.29) is 0 Å². The van der Waals surface area contributed by atoms with E-state index < -0.39 is 0 Å². The Kier molecular flexibility index (Phi) is 2.89. The summed E-state index contributed by atoms with van der Waals surface area (Å²) in [4.78, 5) is 3.32. The zero-order chi connectivity index (χ0) is 9.97. The van der Waals surface area contributed by atoms with Gasteiger partial charge in [-0.25, -0.2) is 0 Å². The van der Waals surface area contributed by atoms with Crippen LogP contribution in [0.1, 0.15) is 5.56 Å². The molecule has 2 nitrogen and oxygen atoms in total. The highest BCUT2D eigenvalue weighted by Gasteiger charge is 2.07. The van der Waals surface area contributed by atoms with Crippen LogP contribution in [0.3, 0.4) is 0 Å². The topological polar surface area (TPSA) is 27.8 Å². The molecular weight excluding hydrogens is 240 g/mol. The first kappa shape index (κ1) is 9.74. The van der Waals surface area contributed by atoms with Crippen LogP contribution >= 0.6 is 15.9 Å². The number of hydrogen-bond donors (Lipinski definition) is 2. The first-order valence-electron chi connectivity index (χ1n) is 4.72. The van der Waals surface area contributed by atoms with Crippen LogP contribution in [0.4, 0.5) is 0 Å². The Morgan fingerprint density at radius 2 is 2.14 bits per heavy atom. The molecule has 0 saturated carbocycles. The van der Waals surface area contributed by atoms with E-state index in [1.54, 1.807) is 0 Å². The molecule has 2 N–H and O–H groups in total. The molecule has 0 fully saturated rings. The van der Waals surface area contributed by atoms with Crippen molar-refractivity contribution < 1.29 is 0 Å². The number of aromatic amines is 1. The molecule has 2 aromatic rings. The van der Waals surface area contributed by atoms with Crippen molar-refractivity contribution in [3.05, 3.63) is 34.4 Å². The van der Waals surface area contributed by atoms with Gasteiger partial charge in [0.2, 0.25) is 0 Å². The number of nitrogens with one attached hydrogen (secondary N) is 2.